The molecule has 14 heteroatoms. The van der Waals surface area contributed by atoms with Crippen molar-refractivity contribution in [2.24, 2.45) is 17.4 Å². The maximum absolute atomic E-state index is 13.1. The molecule has 0 fully saturated rings. The zero-order valence-electron chi connectivity index (χ0n) is 25.1. The van der Waals surface area contributed by atoms with Crippen LogP contribution < -0.4 is 32.7 Å². The number of aliphatic hydroxyl groups is 1. The molecule has 1 aromatic carbocycles. The van der Waals surface area contributed by atoms with Crippen molar-refractivity contribution in [3.05, 3.63) is 29.8 Å². The highest BCUT2D eigenvalue weighted by Crippen LogP contribution is 2.12. The largest absolute Gasteiger partial charge is 0.392 e. The van der Waals surface area contributed by atoms with E-state index in [0.29, 0.717) is 64.7 Å². The van der Waals surface area contributed by atoms with E-state index in [4.69, 9.17) is 24.7 Å². The zero-order chi connectivity index (χ0) is 31.6. The lowest BCUT2D eigenvalue weighted by Gasteiger charge is -2.25. The van der Waals surface area contributed by atoms with Crippen molar-refractivity contribution in [2.45, 2.75) is 51.8 Å². The van der Waals surface area contributed by atoms with Gasteiger partial charge in [-0.15, -0.1) is 0 Å². The van der Waals surface area contributed by atoms with Crippen LogP contribution in [0.4, 0.5) is 5.69 Å². The van der Waals surface area contributed by atoms with E-state index < -0.39 is 18.0 Å². The predicted octanol–water partition coefficient (Wildman–Crippen LogP) is -0.757. The molecule has 0 radical (unpaired) electrons. The molecule has 14 nitrogen and oxygen atoms in total. The van der Waals surface area contributed by atoms with Crippen LogP contribution in [0.1, 0.15) is 38.7 Å². The molecule has 0 bridgehead atoms. The molecular formula is C28H50N6O8. The Labute approximate surface area is 248 Å². The molecule has 0 saturated carbocycles. The zero-order valence-corrected chi connectivity index (χ0v) is 25.1. The molecule has 0 aromatic heterocycles. The van der Waals surface area contributed by atoms with Gasteiger partial charge in [0.2, 0.25) is 24.1 Å². The van der Waals surface area contributed by atoms with E-state index in [1.165, 1.54) is 0 Å². The van der Waals surface area contributed by atoms with Crippen molar-refractivity contribution in [1.29, 1.82) is 0 Å². The topological polar surface area (TPSA) is 216 Å². The number of rotatable bonds is 22. The molecule has 0 aliphatic rings. The molecule has 0 saturated heterocycles. The van der Waals surface area contributed by atoms with Gasteiger partial charge in [0.1, 0.15) is 12.1 Å². The molecule has 0 spiro atoms. The van der Waals surface area contributed by atoms with Crippen molar-refractivity contribution < 1.29 is 38.5 Å². The summed E-state index contributed by atoms with van der Waals surface area (Å²) < 4.78 is 16.0. The van der Waals surface area contributed by atoms with Crippen LogP contribution in [-0.4, -0.2) is 101 Å². The number of nitrogens with two attached hydrogens (primary N) is 2. The van der Waals surface area contributed by atoms with Crippen molar-refractivity contribution in [2.75, 3.05) is 65.1 Å². The third-order valence-electron chi connectivity index (χ3n) is 5.70. The normalized spacial score (nSPS) is 12.0. The molecule has 4 amide bonds. The Morgan fingerprint density at radius 1 is 0.929 bits per heavy atom. The summed E-state index contributed by atoms with van der Waals surface area (Å²) in [6.07, 6.45) is 1.42. The molecular weight excluding hydrogens is 548 g/mol. The van der Waals surface area contributed by atoms with E-state index in [1.54, 1.807) is 24.3 Å². The Balaban J connectivity index is 0.00000535. The van der Waals surface area contributed by atoms with Gasteiger partial charge in [0, 0.05) is 18.7 Å². The smallest absolute Gasteiger partial charge is 0.246 e. The number of aliphatic hydroxyl groups excluding tert-OH is 1. The molecule has 9 N–H and O–H groups in total. The first-order valence-corrected chi connectivity index (χ1v) is 14.1. The van der Waals surface area contributed by atoms with Gasteiger partial charge in [-0.2, -0.15) is 0 Å². The van der Waals surface area contributed by atoms with Gasteiger partial charge < -0.3 is 52.1 Å². The second-order valence-corrected chi connectivity index (χ2v) is 9.45. The number of hydrogen-bond donors (Lipinski definition) is 7. The minimum absolute atomic E-state index is 0.0893. The summed E-state index contributed by atoms with van der Waals surface area (Å²) >= 11 is 0. The van der Waals surface area contributed by atoms with Crippen LogP contribution in [0.5, 0.6) is 0 Å². The number of hydrogen-bond acceptors (Lipinski definition) is 10. The predicted molar refractivity (Wildman–Crippen MR) is 159 cm³/mol. The summed E-state index contributed by atoms with van der Waals surface area (Å²) in [4.78, 5) is 47.2. The van der Waals surface area contributed by atoms with Crippen LogP contribution in [0.15, 0.2) is 24.3 Å². The highest BCUT2D eigenvalue weighted by atomic mass is 16.5. The standard InChI is InChI=1S/C27H47N5O7.CH3NO/c1-20(2)25(32-24(34)10-13-37-15-17-39-18-16-38-14-11-28)27(36)31-23(5-4-12-29-3)26(35)30-22-8-6-21(19-33)7-9-22;2-1-3/h6-9,20,23,25,29,33H,4-5,10-19,28H2,1-3H3,(H,30,35)(H,31,36)(H,32,34);1H,(H2,2,3). The summed E-state index contributed by atoms with van der Waals surface area (Å²) in [5.74, 6) is -1.30. The van der Waals surface area contributed by atoms with E-state index in [2.05, 4.69) is 27.0 Å². The van der Waals surface area contributed by atoms with E-state index in [0.717, 1.165) is 5.56 Å². The van der Waals surface area contributed by atoms with Gasteiger partial charge in [0.05, 0.1) is 46.2 Å². The average Bonchev–Trinajstić information content (AvgIpc) is 2.97. The van der Waals surface area contributed by atoms with Crippen LogP contribution in [0, 0.1) is 5.92 Å². The molecule has 42 heavy (non-hydrogen) atoms. The molecule has 1 rings (SSSR count). The molecule has 0 heterocycles. The van der Waals surface area contributed by atoms with Crippen LogP contribution in [0.2, 0.25) is 0 Å². The van der Waals surface area contributed by atoms with E-state index >= 15 is 0 Å². The fourth-order valence-corrected chi connectivity index (χ4v) is 3.51. The maximum Gasteiger partial charge on any atom is 0.246 e. The average molecular weight is 599 g/mol. The lowest BCUT2D eigenvalue weighted by molar-refractivity contribution is -0.132. The maximum atomic E-state index is 13.1. The van der Waals surface area contributed by atoms with E-state index in [-0.39, 0.29) is 43.8 Å². The van der Waals surface area contributed by atoms with Crippen molar-refractivity contribution >= 4 is 29.8 Å². The molecule has 0 aliphatic carbocycles. The minimum atomic E-state index is -0.808. The monoisotopic (exact) mass is 598 g/mol. The van der Waals surface area contributed by atoms with Gasteiger partial charge >= 0.3 is 0 Å². The van der Waals surface area contributed by atoms with Gasteiger partial charge in [-0.1, -0.05) is 26.0 Å². The fraction of sp³-hybridized carbons (Fsp3) is 0.643. The molecule has 0 aliphatic heterocycles. The van der Waals surface area contributed by atoms with E-state index in [9.17, 15) is 19.5 Å². The number of carbonyl (C=O) groups excluding carboxylic acids is 4. The summed E-state index contributed by atoms with van der Waals surface area (Å²) in [6, 6.07) is 5.22. The fourth-order valence-electron chi connectivity index (χ4n) is 3.51. The molecule has 2 unspecified atom stereocenters. The number of nitrogens with one attached hydrogen (secondary N) is 4. The second kappa shape index (κ2) is 25.6. The summed E-state index contributed by atoms with van der Waals surface area (Å²) in [5.41, 5.74) is 10.8. The Kier molecular flexibility index (Phi) is 23.6. The number of benzene rings is 1. The SMILES string of the molecule is CNCCCC(NC(=O)C(NC(=O)CCOCCOCCOCCN)C(C)C)C(=O)Nc1ccc(CO)cc1.NC=O. The van der Waals surface area contributed by atoms with Crippen LogP contribution in [0.25, 0.3) is 0 Å². The van der Waals surface area contributed by atoms with Gasteiger partial charge in [-0.3, -0.25) is 19.2 Å². The van der Waals surface area contributed by atoms with Crippen molar-refractivity contribution in [3.8, 4) is 0 Å². The third-order valence-corrected chi connectivity index (χ3v) is 5.70. The Morgan fingerprint density at radius 3 is 2.02 bits per heavy atom. The minimum Gasteiger partial charge on any atom is -0.392 e. The van der Waals surface area contributed by atoms with E-state index in [1.807, 2.05) is 20.9 Å². The Morgan fingerprint density at radius 2 is 1.50 bits per heavy atom. The molecule has 1 aromatic rings. The van der Waals surface area contributed by atoms with Crippen LogP contribution in [-0.2, 0) is 40.0 Å². The number of ether oxygens (including phenoxy) is 3. The van der Waals surface area contributed by atoms with Gasteiger partial charge in [-0.05, 0) is 50.0 Å². The van der Waals surface area contributed by atoms with Gasteiger partial charge in [0.25, 0.3) is 0 Å². The van der Waals surface area contributed by atoms with Gasteiger partial charge in [-0.25, -0.2) is 0 Å². The Hall–Kier alpha value is -3.14. The first-order chi connectivity index (χ1) is 20.2. The van der Waals surface area contributed by atoms with Crippen molar-refractivity contribution in [3.63, 3.8) is 0 Å². The van der Waals surface area contributed by atoms with Crippen LogP contribution >= 0.6 is 0 Å². The number of anilines is 1. The highest BCUT2D eigenvalue weighted by Gasteiger charge is 2.28. The number of carbonyl (C=O) groups is 4. The Bertz CT molecular complexity index is 872. The number of primary amides is 1. The summed E-state index contributed by atoms with van der Waals surface area (Å²) in [5, 5.41) is 20.6. The van der Waals surface area contributed by atoms with Gasteiger partial charge in [0.15, 0.2) is 0 Å². The van der Waals surface area contributed by atoms with Crippen LogP contribution in [0.3, 0.4) is 0 Å². The first-order valence-electron chi connectivity index (χ1n) is 14.1. The molecule has 240 valence electrons. The van der Waals surface area contributed by atoms with Crippen molar-refractivity contribution in [1.82, 2.24) is 16.0 Å². The summed E-state index contributed by atoms with van der Waals surface area (Å²) in [7, 11) is 1.82. The third kappa shape index (κ3) is 19.1. The lowest BCUT2D eigenvalue weighted by Crippen LogP contribution is -2.54. The molecule has 2 atom stereocenters. The number of amides is 4. The quantitative estimate of drug-likeness (QED) is 0.0654. The highest BCUT2D eigenvalue weighted by molar-refractivity contribution is 5.98. The summed E-state index contributed by atoms with van der Waals surface area (Å²) in [6.45, 7) is 7.03. The lowest BCUT2D eigenvalue weighted by atomic mass is 10.0. The second-order valence-electron chi connectivity index (χ2n) is 9.45. The first kappa shape index (κ1) is 38.9.